The van der Waals surface area contributed by atoms with E-state index in [2.05, 4.69) is 17.4 Å². The molecule has 2 amide bonds. The van der Waals surface area contributed by atoms with Crippen molar-refractivity contribution >= 4 is 6.03 Å². The lowest BCUT2D eigenvalue weighted by Crippen LogP contribution is -2.47. The first-order valence-corrected chi connectivity index (χ1v) is 9.01. The number of halogens is 1. The van der Waals surface area contributed by atoms with Crippen LogP contribution in [0.4, 0.5) is 9.18 Å². The number of hydrogen-bond acceptors (Lipinski definition) is 4. The van der Waals surface area contributed by atoms with Crippen molar-refractivity contribution in [2.45, 2.75) is 38.8 Å². The summed E-state index contributed by atoms with van der Waals surface area (Å²) in [5.74, 6) is 0.251. The average Bonchev–Trinajstić information content (AvgIpc) is 3.14. The zero-order valence-electron chi connectivity index (χ0n) is 14.9. The van der Waals surface area contributed by atoms with Gasteiger partial charge in [-0.15, -0.1) is 0 Å². The van der Waals surface area contributed by atoms with Crippen LogP contribution in [0, 0.1) is 5.82 Å². The van der Waals surface area contributed by atoms with Crippen LogP contribution in [0.3, 0.4) is 0 Å². The number of benzene rings is 1. The van der Waals surface area contributed by atoms with E-state index in [1.54, 1.807) is 23.1 Å². The van der Waals surface area contributed by atoms with Gasteiger partial charge in [-0.1, -0.05) is 12.1 Å². The normalized spacial score (nSPS) is 17.3. The minimum absolute atomic E-state index is 0.116. The molecule has 1 aliphatic heterocycles. The van der Waals surface area contributed by atoms with Crippen molar-refractivity contribution in [1.29, 1.82) is 0 Å². The summed E-state index contributed by atoms with van der Waals surface area (Å²) in [6.45, 7) is 4.40. The van der Waals surface area contributed by atoms with Crippen LogP contribution >= 0.6 is 0 Å². The number of urea groups is 1. The number of nitrogens with zero attached hydrogens (tertiary/aromatic N) is 2. The fourth-order valence-electron chi connectivity index (χ4n) is 2.97. The summed E-state index contributed by atoms with van der Waals surface area (Å²) in [5, 5.41) is 6.83. The Morgan fingerprint density at radius 2 is 2.23 bits per heavy atom. The molecule has 0 unspecified atom stereocenters. The number of carbonyl (C=O) groups excluding carboxylic acids is 1. The van der Waals surface area contributed by atoms with Gasteiger partial charge in [0.2, 0.25) is 0 Å². The van der Waals surface area contributed by atoms with E-state index < -0.39 is 0 Å². The van der Waals surface area contributed by atoms with Gasteiger partial charge in [0.1, 0.15) is 11.5 Å². The molecule has 1 aromatic heterocycles. The Labute approximate surface area is 152 Å². The largest absolute Gasteiger partial charge is 0.376 e. The lowest BCUT2D eigenvalue weighted by Gasteiger charge is -2.32. The summed E-state index contributed by atoms with van der Waals surface area (Å²) in [5.41, 5.74) is 1.37. The van der Waals surface area contributed by atoms with Gasteiger partial charge >= 0.3 is 6.03 Å². The summed E-state index contributed by atoms with van der Waals surface area (Å²) in [6.07, 6.45) is 3.03. The summed E-state index contributed by atoms with van der Waals surface area (Å²) in [6, 6.07) is 7.64. The Hall–Kier alpha value is -2.41. The van der Waals surface area contributed by atoms with Crippen LogP contribution in [0.1, 0.15) is 31.9 Å². The number of rotatable bonds is 6. The van der Waals surface area contributed by atoms with E-state index in [0.717, 1.165) is 38.0 Å². The quantitative estimate of drug-likeness (QED) is 0.854. The van der Waals surface area contributed by atoms with Gasteiger partial charge in [-0.2, -0.15) is 0 Å². The molecule has 1 aromatic carbocycles. The predicted molar refractivity (Wildman–Crippen MR) is 95.0 cm³/mol. The number of ether oxygens (including phenoxy) is 1. The third-order valence-corrected chi connectivity index (χ3v) is 4.34. The molecular weight excluding hydrogens is 337 g/mol. The smallest absolute Gasteiger partial charge is 0.317 e. The second-order valence-corrected chi connectivity index (χ2v) is 6.43. The first kappa shape index (κ1) is 18.4. The van der Waals surface area contributed by atoms with Crippen LogP contribution in [0.15, 0.2) is 34.9 Å². The molecule has 6 nitrogen and oxygen atoms in total. The highest BCUT2D eigenvalue weighted by molar-refractivity contribution is 5.74. The molecule has 0 saturated carbocycles. The van der Waals surface area contributed by atoms with E-state index in [0.29, 0.717) is 18.0 Å². The van der Waals surface area contributed by atoms with E-state index >= 15 is 0 Å². The van der Waals surface area contributed by atoms with Gasteiger partial charge in [-0.05, 0) is 43.5 Å². The zero-order chi connectivity index (χ0) is 18.4. The highest BCUT2D eigenvalue weighted by Gasteiger charge is 2.24. The Morgan fingerprint density at radius 3 is 3.00 bits per heavy atom. The van der Waals surface area contributed by atoms with Crippen LogP contribution in [-0.4, -0.2) is 41.9 Å². The standard InChI is InChI=1S/C19H24FN3O3/c1-2-10-25-16-4-3-9-23(13-16)19(24)21-12-17-11-18(22-26-17)14-5-7-15(20)8-6-14/h5-8,11,16H,2-4,9-10,12-13H2,1H3,(H,21,24)/t16-/m0/s1. The predicted octanol–water partition coefficient (Wildman–Crippen LogP) is 3.58. The Kier molecular flexibility index (Phi) is 6.22. The molecular formula is C19H24FN3O3. The number of carbonyl (C=O) groups is 1. The number of hydrogen-bond donors (Lipinski definition) is 1. The summed E-state index contributed by atoms with van der Waals surface area (Å²) < 4.78 is 24.0. The highest BCUT2D eigenvalue weighted by atomic mass is 19.1. The van der Waals surface area contributed by atoms with Gasteiger partial charge in [-0.25, -0.2) is 9.18 Å². The van der Waals surface area contributed by atoms with Crippen molar-refractivity contribution in [3.63, 3.8) is 0 Å². The van der Waals surface area contributed by atoms with Crippen molar-refractivity contribution in [3.8, 4) is 11.3 Å². The van der Waals surface area contributed by atoms with Crippen LogP contribution in [0.5, 0.6) is 0 Å². The van der Waals surface area contributed by atoms with Crippen LogP contribution in [-0.2, 0) is 11.3 Å². The SMILES string of the molecule is CCCO[C@H]1CCCN(C(=O)NCc2cc(-c3ccc(F)cc3)no2)C1. The Morgan fingerprint density at radius 1 is 1.42 bits per heavy atom. The van der Waals surface area contributed by atoms with E-state index in [-0.39, 0.29) is 24.5 Å². The molecule has 0 spiro atoms. The Bertz CT molecular complexity index is 717. The maximum atomic E-state index is 13.0. The number of aromatic nitrogens is 1. The molecule has 0 aliphatic carbocycles. The maximum Gasteiger partial charge on any atom is 0.317 e. The molecule has 1 saturated heterocycles. The first-order chi connectivity index (χ1) is 12.7. The molecule has 0 bridgehead atoms. The van der Waals surface area contributed by atoms with Crippen molar-refractivity contribution in [1.82, 2.24) is 15.4 Å². The third kappa shape index (κ3) is 4.82. The van der Waals surface area contributed by atoms with Gasteiger partial charge < -0.3 is 19.5 Å². The topological polar surface area (TPSA) is 67.6 Å². The molecule has 2 heterocycles. The van der Waals surface area contributed by atoms with E-state index in [1.165, 1.54) is 12.1 Å². The molecule has 1 aliphatic rings. The van der Waals surface area contributed by atoms with Crippen molar-refractivity contribution < 1.29 is 18.4 Å². The van der Waals surface area contributed by atoms with E-state index in [4.69, 9.17) is 9.26 Å². The molecule has 0 radical (unpaired) electrons. The second kappa shape index (κ2) is 8.80. The molecule has 1 fully saturated rings. The molecule has 2 aromatic rings. The number of likely N-dealkylation sites (tertiary alicyclic amines) is 1. The summed E-state index contributed by atoms with van der Waals surface area (Å²) in [4.78, 5) is 14.1. The highest BCUT2D eigenvalue weighted by Crippen LogP contribution is 2.19. The number of piperidine rings is 1. The van der Waals surface area contributed by atoms with Gasteiger partial charge in [0.25, 0.3) is 0 Å². The van der Waals surface area contributed by atoms with E-state index in [1.807, 2.05) is 0 Å². The monoisotopic (exact) mass is 361 g/mol. The Balaban J connectivity index is 1.51. The molecule has 3 rings (SSSR count). The van der Waals surface area contributed by atoms with Gasteiger partial charge in [0.15, 0.2) is 5.76 Å². The van der Waals surface area contributed by atoms with Crippen LogP contribution in [0.25, 0.3) is 11.3 Å². The number of nitrogens with one attached hydrogen (secondary N) is 1. The minimum atomic E-state index is -0.299. The summed E-state index contributed by atoms with van der Waals surface area (Å²) >= 11 is 0. The van der Waals surface area contributed by atoms with Gasteiger partial charge in [0.05, 0.1) is 12.6 Å². The molecule has 1 atom stereocenters. The van der Waals surface area contributed by atoms with Crippen LogP contribution in [0.2, 0.25) is 0 Å². The summed E-state index contributed by atoms with van der Waals surface area (Å²) in [7, 11) is 0. The lowest BCUT2D eigenvalue weighted by molar-refractivity contribution is 0.00996. The second-order valence-electron chi connectivity index (χ2n) is 6.43. The number of amides is 2. The van der Waals surface area contributed by atoms with Gasteiger partial charge in [-0.3, -0.25) is 0 Å². The first-order valence-electron chi connectivity index (χ1n) is 9.01. The average molecular weight is 361 g/mol. The lowest BCUT2D eigenvalue weighted by atomic mass is 10.1. The maximum absolute atomic E-state index is 13.0. The van der Waals surface area contributed by atoms with Crippen molar-refractivity contribution in [3.05, 3.63) is 41.9 Å². The van der Waals surface area contributed by atoms with E-state index in [9.17, 15) is 9.18 Å². The minimum Gasteiger partial charge on any atom is -0.376 e. The molecule has 26 heavy (non-hydrogen) atoms. The van der Waals surface area contributed by atoms with Crippen LogP contribution < -0.4 is 5.32 Å². The fraction of sp³-hybridized carbons (Fsp3) is 0.474. The molecule has 1 N–H and O–H groups in total. The third-order valence-electron chi connectivity index (χ3n) is 4.34. The van der Waals surface area contributed by atoms with Gasteiger partial charge in [0, 0.05) is 31.3 Å². The molecule has 140 valence electrons. The zero-order valence-corrected chi connectivity index (χ0v) is 14.9. The van der Waals surface area contributed by atoms with Crippen molar-refractivity contribution in [2.75, 3.05) is 19.7 Å². The molecule has 7 heteroatoms. The van der Waals surface area contributed by atoms with Crippen molar-refractivity contribution in [2.24, 2.45) is 0 Å². The fourth-order valence-corrected chi connectivity index (χ4v) is 2.97.